The van der Waals surface area contributed by atoms with Gasteiger partial charge < -0.3 is 11.1 Å². The molecule has 1 unspecified atom stereocenters. The third-order valence-corrected chi connectivity index (χ3v) is 1.61. The van der Waals surface area contributed by atoms with Gasteiger partial charge >= 0.3 is 0 Å². The number of hydrogen-bond donors (Lipinski definition) is 2. The van der Waals surface area contributed by atoms with E-state index in [0.29, 0.717) is 6.42 Å². The van der Waals surface area contributed by atoms with Crippen molar-refractivity contribution in [3.05, 3.63) is 0 Å². The van der Waals surface area contributed by atoms with Crippen LogP contribution in [0.25, 0.3) is 0 Å². The summed E-state index contributed by atoms with van der Waals surface area (Å²) < 4.78 is 0. The molecule has 0 heterocycles. The zero-order valence-corrected chi connectivity index (χ0v) is 7.59. The van der Waals surface area contributed by atoms with Crippen LogP contribution >= 0.6 is 0 Å². The Bertz CT molecular complexity index is 168. The van der Waals surface area contributed by atoms with Gasteiger partial charge in [0.15, 0.2) is 5.78 Å². The van der Waals surface area contributed by atoms with E-state index in [1.807, 2.05) is 0 Å². The summed E-state index contributed by atoms with van der Waals surface area (Å²) >= 11 is 0. The van der Waals surface area contributed by atoms with Crippen molar-refractivity contribution in [2.24, 2.45) is 5.73 Å². The molecule has 0 aliphatic rings. The first-order valence-corrected chi connectivity index (χ1v) is 4.06. The van der Waals surface area contributed by atoms with E-state index >= 15 is 0 Å². The zero-order chi connectivity index (χ0) is 9.56. The average molecular weight is 172 g/mol. The summed E-state index contributed by atoms with van der Waals surface area (Å²) in [6.45, 7) is 2.00. The van der Waals surface area contributed by atoms with Crippen molar-refractivity contribution >= 4 is 11.6 Å². The fraction of sp³-hybridized carbons (Fsp3) is 0.750. The Morgan fingerprint density at radius 2 is 2.08 bits per heavy atom. The highest BCUT2D eigenvalue weighted by Crippen LogP contribution is 1.94. The van der Waals surface area contributed by atoms with Crippen LogP contribution in [-0.4, -0.2) is 31.2 Å². The van der Waals surface area contributed by atoms with Gasteiger partial charge in [-0.2, -0.15) is 0 Å². The molecule has 0 saturated carbocycles. The summed E-state index contributed by atoms with van der Waals surface area (Å²) in [5, 5.41) is 2.70. The van der Waals surface area contributed by atoms with Crippen LogP contribution in [0.1, 0.15) is 19.8 Å². The Morgan fingerprint density at radius 3 is 2.50 bits per heavy atom. The van der Waals surface area contributed by atoms with E-state index in [4.69, 9.17) is 5.73 Å². The largest absolute Gasteiger partial charge is 0.321 e. The van der Waals surface area contributed by atoms with Gasteiger partial charge in [0.1, 0.15) is 5.78 Å². The number of nitrogens with one attached hydrogen (secondary N) is 1. The van der Waals surface area contributed by atoms with Crippen molar-refractivity contribution in [2.75, 3.05) is 13.6 Å². The summed E-state index contributed by atoms with van der Waals surface area (Å²) in [7, 11) is 1.67. The van der Waals surface area contributed by atoms with E-state index in [1.165, 1.54) is 0 Å². The molecule has 0 spiro atoms. The normalized spacial score (nSPS) is 12.6. The lowest BCUT2D eigenvalue weighted by atomic mass is 10.1. The molecule has 0 aliphatic heterocycles. The first kappa shape index (κ1) is 11.3. The molecule has 4 heteroatoms. The van der Waals surface area contributed by atoms with Crippen LogP contribution in [0, 0.1) is 0 Å². The van der Waals surface area contributed by atoms with Crippen molar-refractivity contribution in [1.82, 2.24) is 5.32 Å². The summed E-state index contributed by atoms with van der Waals surface area (Å²) in [5.74, 6) is -0.0775. The van der Waals surface area contributed by atoms with Crippen molar-refractivity contribution in [3.63, 3.8) is 0 Å². The quantitative estimate of drug-likeness (QED) is 0.565. The molecule has 1 atom stereocenters. The molecule has 0 saturated heterocycles. The molecular weight excluding hydrogens is 156 g/mol. The van der Waals surface area contributed by atoms with Gasteiger partial charge in [0.25, 0.3) is 0 Å². The molecule has 0 amide bonds. The topological polar surface area (TPSA) is 72.2 Å². The number of nitrogens with two attached hydrogens (primary N) is 1. The van der Waals surface area contributed by atoms with Gasteiger partial charge in [-0.15, -0.1) is 0 Å². The lowest BCUT2D eigenvalue weighted by Gasteiger charge is -2.07. The maximum atomic E-state index is 11.1. The highest BCUT2D eigenvalue weighted by Gasteiger charge is 2.14. The molecule has 0 bridgehead atoms. The molecule has 70 valence electrons. The van der Waals surface area contributed by atoms with Crippen LogP contribution in [0.2, 0.25) is 0 Å². The number of hydrogen-bond acceptors (Lipinski definition) is 4. The molecule has 0 rings (SSSR count). The lowest BCUT2D eigenvalue weighted by molar-refractivity contribution is -0.124. The number of likely N-dealkylation sites (N-methyl/N-ethyl adjacent to an activating group) is 1. The fourth-order valence-electron chi connectivity index (χ4n) is 0.809. The number of carbonyl (C=O) groups is 2. The van der Waals surface area contributed by atoms with Crippen LogP contribution in [0.3, 0.4) is 0 Å². The first-order valence-electron chi connectivity index (χ1n) is 4.06. The van der Waals surface area contributed by atoms with Gasteiger partial charge in [0.2, 0.25) is 0 Å². The third-order valence-electron chi connectivity index (χ3n) is 1.61. The number of Topliss-reactive ketones (excluding diaryl/α,β-unsaturated/α-hetero) is 2. The summed E-state index contributed by atoms with van der Waals surface area (Å²) in [6.07, 6.45) is 0.609. The smallest absolute Gasteiger partial charge is 0.163 e. The SMILES string of the molecule is CCC(=O)CC(N)C(=O)CNC. The molecule has 0 aromatic rings. The van der Waals surface area contributed by atoms with Gasteiger partial charge in [-0.25, -0.2) is 0 Å². The van der Waals surface area contributed by atoms with Crippen LogP contribution < -0.4 is 11.1 Å². The second kappa shape index (κ2) is 5.85. The van der Waals surface area contributed by atoms with Crippen LogP contribution in [-0.2, 0) is 9.59 Å². The van der Waals surface area contributed by atoms with Gasteiger partial charge in [0, 0.05) is 12.8 Å². The highest BCUT2D eigenvalue weighted by molar-refractivity contribution is 5.91. The molecule has 12 heavy (non-hydrogen) atoms. The second-order valence-corrected chi connectivity index (χ2v) is 2.70. The van der Waals surface area contributed by atoms with E-state index in [0.717, 1.165) is 0 Å². The van der Waals surface area contributed by atoms with Gasteiger partial charge in [-0.3, -0.25) is 9.59 Å². The summed E-state index contributed by atoms with van der Waals surface area (Å²) in [6, 6.07) is -0.634. The molecule has 4 nitrogen and oxygen atoms in total. The van der Waals surface area contributed by atoms with Gasteiger partial charge in [-0.05, 0) is 7.05 Å². The van der Waals surface area contributed by atoms with Crippen LogP contribution in [0.4, 0.5) is 0 Å². The minimum atomic E-state index is -0.634. The van der Waals surface area contributed by atoms with Gasteiger partial charge in [0.05, 0.1) is 12.6 Å². The molecule has 0 fully saturated rings. The van der Waals surface area contributed by atoms with E-state index < -0.39 is 6.04 Å². The molecule has 0 aromatic heterocycles. The Labute approximate surface area is 72.5 Å². The Balaban J connectivity index is 3.78. The van der Waals surface area contributed by atoms with E-state index in [9.17, 15) is 9.59 Å². The maximum absolute atomic E-state index is 11.1. The van der Waals surface area contributed by atoms with Crippen molar-refractivity contribution in [2.45, 2.75) is 25.8 Å². The molecule has 0 radical (unpaired) electrons. The standard InChI is InChI=1S/C8H16N2O2/c1-3-6(11)4-7(9)8(12)5-10-2/h7,10H,3-5,9H2,1-2H3. The van der Waals surface area contributed by atoms with Crippen LogP contribution in [0.5, 0.6) is 0 Å². The van der Waals surface area contributed by atoms with E-state index in [1.54, 1.807) is 14.0 Å². The maximum Gasteiger partial charge on any atom is 0.163 e. The monoisotopic (exact) mass is 172 g/mol. The lowest BCUT2D eigenvalue weighted by Crippen LogP contribution is -2.38. The Kier molecular flexibility index (Phi) is 5.49. The van der Waals surface area contributed by atoms with Crippen molar-refractivity contribution < 1.29 is 9.59 Å². The predicted octanol–water partition coefficient (Wildman–Crippen LogP) is -0.529. The third kappa shape index (κ3) is 4.20. The Hall–Kier alpha value is -0.740. The minimum absolute atomic E-state index is 0.0342. The van der Waals surface area contributed by atoms with E-state index in [2.05, 4.69) is 5.32 Å². The fourth-order valence-corrected chi connectivity index (χ4v) is 0.809. The molecular formula is C8H16N2O2. The first-order chi connectivity index (χ1) is 5.61. The molecule has 0 aliphatic carbocycles. The number of carbonyl (C=O) groups excluding carboxylic acids is 2. The minimum Gasteiger partial charge on any atom is -0.321 e. The molecule has 0 aromatic carbocycles. The van der Waals surface area contributed by atoms with Gasteiger partial charge in [-0.1, -0.05) is 6.92 Å². The predicted molar refractivity (Wildman–Crippen MR) is 46.8 cm³/mol. The molecule has 3 N–H and O–H groups in total. The average Bonchev–Trinajstić information content (AvgIpc) is 2.04. The summed E-state index contributed by atoms with van der Waals surface area (Å²) in [4.78, 5) is 21.9. The highest BCUT2D eigenvalue weighted by atomic mass is 16.1. The van der Waals surface area contributed by atoms with E-state index in [-0.39, 0.29) is 24.5 Å². The number of rotatable bonds is 6. The number of ketones is 2. The summed E-state index contributed by atoms with van der Waals surface area (Å²) in [5.41, 5.74) is 5.47. The van der Waals surface area contributed by atoms with Crippen molar-refractivity contribution in [3.8, 4) is 0 Å². The van der Waals surface area contributed by atoms with Crippen molar-refractivity contribution in [1.29, 1.82) is 0 Å². The Morgan fingerprint density at radius 1 is 1.50 bits per heavy atom. The second-order valence-electron chi connectivity index (χ2n) is 2.70. The zero-order valence-electron chi connectivity index (χ0n) is 7.59. The van der Waals surface area contributed by atoms with Crippen LogP contribution in [0.15, 0.2) is 0 Å².